The summed E-state index contributed by atoms with van der Waals surface area (Å²) in [7, 11) is -0.773. The molecular formula is C36H43F2N5O3SSi. The summed E-state index contributed by atoms with van der Waals surface area (Å²) in [5, 5.41) is 1.73. The number of carbonyl (C=O) groups excluding carboxylic acids is 1. The lowest BCUT2D eigenvalue weighted by Crippen LogP contribution is -2.43. The molecule has 0 aliphatic carbocycles. The smallest absolute Gasteiger partial charge is 0.240 e. The van der Waals surface area contributed by atoms with E-state index >= 15 is 8.78 Å². The highest BCUT2D eigenvalue weighted by molar-refractivity contribution is 7.98. The Hall–Kier alpha value is -3.79. The van der Waals surface area contributed by atoms with Gasteiger partial charge in [0.05, 0.1) is 10.9 Å². The predicted octanol–water partition coefficient (Wildman–Crippen LogP) is 7.85. The zero-order valence-electron chi connectivity index (χ0n) is 28.8. The molecule has 12 heteroatoms. The molecule has 1 aliphatic heterocycles. The van der Waals surface area contributed by atoms with Crippen LogP contribution in [-0.2, 0) is 9.53 Å². The Morgan fingerprint density at radius 1 is 1.12 bits per heavy atom. The predicted molar refractivity (Wildman–Crippen MR) is 192 cm³/mol. The number of anilines is 1. The number of methoxy groups -OCH3 is 1. The van der Waals surface area contributed by atoms with Gasteiger partial charge in [-0.2, -0.15) is 0 Å². The fraction of sp³-hybridized carbons (Fsp3) is 0.444. The first-order valence-corrected chi connectivity index (χ1v) is 19.7. The number of nitrogens with zero attached hydrogens (tertiary/aromatic N) is 4. The number of aromatic nitrogens is 3. The van der Waals surface area contributed by atoms with Crippen LogP contribution in [0.1, 0.15) is 59.9 Å². The number of halogens is 2. The SMILES string of the molecule is COCOc1cc(-c2nc(N3CCC[C@@H]3C(N)=O)c3cnc(SC)nc3c2F)c2c(C#C[Si](C(C)C)(C(C)C)C(C)C)c(F)ccc2c1. The second kappa shape index (κ2) is 14.4. The highest BCUT2D eigenvalue weighted by atomic mass is 32.2. The number of hydrogen-bond donors (Lipinski definition) is 1. The maximum Gasteiger partial charge on any atom is 0.240 e. The van der Waals surface area contributed by atoms with Gasteiger partial charge in [0, 0.05) is 30.8 Å². The van der Waals surface area contributed by atoms with Crippen LogP contribution in [0.15, 0.2) is 35.6 Å². The summed E-state index contributed by atoms with van der Waals surface area (Å²) < 4.78 is 44.1. The van der Waals surface area contributed by atoms with Crippen LogP contribution < -0.4 is 15.4 Å². The Morgan fingerprint density at radius 3 is 2.46 bits per heavy atom. The molecule has 0 spiro atoms. The van der Waals surface area contributed by atoms with E-state index in [0.717, 1.165) is 0 Å². The van der Waals surface area contributed by atoms with Gasteiger partial charge in [-0.15, -0.1) is 5.54 Å². The molecule has 2 aromatic carbocycles. The number of primary amides is 1. The molecule has 2 N–H and O–H groups in total. The van der Waals surface area contributed by atoms with Gasteiger partial charge in [-0.1, -0.05) is 65.3 Å². The van der Waals surface area contributed by atoms with Gasteiger partial charge < -0.3 is 20.1 Å². The van der Waals surface area contributed by atoms with Gasteiger partial charge in [0.15, 0.2) is 17.8 Å². The summed E-state index contributed by atoms with van der Waals surface area (Å²) in [5.74, 6) is 2.30. The molecule has 1 saturated heterocycles. The van der Waals surface area contributed by atoms with Gasteiger partial charge in [0.25, 0.3) is 0 Å². The molecule has 0 unspecified atom stereocenters. The van der Waals surface area contributed by atoms with Crippen LogP contribution in [-0.4, -0.2) is 61.7 Å². The van der Waals surface area contributed by atoms with Gasteiger partial charge in [-0.3, -0.25) is 4.79 Å². The Balaban J connectivity index is 1.91. The van der Waals surface area contributed by atoms with Crippen molar-refractivity contribution in [1.29, 1.82) is 0 Å². The maximum atomic E-state index is 17.0. The van der Waals surface area contributed by atoms with Crippen LogP contribution in [0.5, 0.6) is 5.75 Å². The summed E-state index contributed by atoms with van der Waals surface area (Å²) in [5.41, 5.74) is 10.8. The number of nitrogens with two attached hydrogens (primary N) is 1. The Kier molecular flexibility index (Phi) is 10.6. The van der Waals surface area contributed by atoms with Crippen molar-refractivity contribution in [2.45, 2.75) is 82.2 Å². The summed E-state index contributed by atoms with van der Waals surface area (Å²) in [4.78, 5) is 28.1. The minimum Gasteiger partial charge on any atom is -0.468 e. The third-order valence-corrected chi connectivity index (χ3v) is 16.4. The third-order valence-electron chi connectivity index (χ3n) is 9.59. The lowest BCUT2D eigenvalue weighted by molar-refractivity contribution is -0.119. The lowest BCUT2D eigenvalue weighted by Gasteiger charge is -2.38. The van der Waals surface area contributed by atoms with Crippen LogP contribution >= 0.6 is 11.8 Å². The number of fused-ring (bicyclic) bond motifs is 2. The monoisotopic (exact) mass is 691 g/mol. The minimum absolute atomic E-state index is 0.0377. The van der Waals surface area contributed by atoms with Crippen LogP contribution in [0.3, 0.4) is 0 Å². The van der Waals surface area contributed by atoms with Gasteiger partial charge in [-0.25, -0.2) is 23.7 Å². The van der Waals surface area contributed by atoms with E-state index < -0.39 is 31.7 Å². The molecule has 1 amide bonds. The molecule has 48 heavy (non-hydrogen) atoms. The molecule has 1 aliphatic rings. The number of ether oxygens (including phenoxy) is 2. The minimum atomic E-state index is -2.28. The number of carbonyl (C=O) groups is 1. The Bertz CT molecular complexity index is 1910. The fourth-order valence-corrected chi connectivity index (χ4v) is 12.9. The highest BCUT2D eigenvalue weighted by Gasteiger charge is 2.42. The van der Waals surface area contributed by atoms with E-state index in [0.29, 0.717) is 68.9 Å². The van der Waals surface area contributed by atoms with Crippen LogP contribution in [0.2, 0.25) is 16.6 Å². The van der Waals surface area contributed by atoms with E-state index in [1.165, 1.54) is 31.1 Å². The van der Waals surface area contributed by atoms with E-state index in [1.807, 2.05) is 0 Å². The van der Waals surface area contributed by atoms with E-state index in [4.69, 9.17) is 20.2 Å². The maximum absolute atomic E-state index is 17.0. The third kappa shape index (κ3) is 6.35. The molecule has 0 bridgehead atoms. The van der Waals surface area contributed by atoms with Crippen LogP contribution in [0.4, 0.5) is 14.6 Å². The average Bonchev–Trinajstić information content (AvgIpc) is 3.54. The van der Waals surface area contributed by atoms with Gasteiger partial charge in [0.2, 0.25) is 5.91 Å². The average molecular weight is 692 g/mol. The molecule has 0 saturated carbocycles. The van der Waals surface area contributed by atoms with Crippen molar-refractivity contribution in [3.63, 3.8) is 0 Å². The van der Waals surface area contributed by atoms with Gasteiger partial charge in [-0.05, 0) is 59.3 Å². The molecule has 254 valence electrons. The number of pyridine rings is 1. The summed E-state index contributed by atoms with van der Waals surface area (Å²) in [6.45, 7) is 13.6. The first-order valence-electron chi connectivity index (χ1n) is 16.2. The van der Waals surface area contributed by atoms with Crippen molar-refractivity contribution in [3.05, 3.63) is 47.7 Å². The van der Waals surface area contributed by atoms with Crippen molar-refractivity contribution >= 4 is 53.2 Å². The number of amides is 1. The van der Waals surface area contributed by atoms with E-state index in [9.17, 15) is 4.79 Å². The number of hydrogen-bond acceptors (Lipinski definition) is 8. The molecule has 3 heterocycles. The summed E-state index contributed by atoms with van der Waals surface area (Å²) in [6.07, 6.45) is 4.57. The second-order valence-corrected chi connectivity index (χ2v) is 19.5. The van der Waals surface area contributed by atoms with Crippen LogP contribution in [0, 0.1) is 23.1 Å². The summed E-state index contributed by atoms with van der Waals surface area (Å²) >= 11 is 1.28. The van der Waals surface area contributed by atoms with Crippen molar-refractivity contribution < 1.29 is 23.0 Å². The summed E-state index contributed by atoms with van der Waals surface area (Å²) in [6, 6.07) is 5.78. The lowest BCUT2D eigenvalue weighted by atomic mass is 9.95. The van der Waals surface area contributed by atoms with Crippen LogP contribution in [0.25, 0.3) is 32.9 Å². The molecule has 2 aromatic heterocycles. The van der Waals surface area contributed by atoms with E-state index in [-0.39, 0.29) is 29.1 Å². The highest BCUT2D eigenvalue weighted by Crippen LogP contribution is 2.43. The standard InChI is InChI=1S/C36H43F2N5O3SSi/c1-20(2)48(21(3)4,22(5)6)15-13-25-28(37)12-11-23-16-24(46-19-45-7)17-26(30(23)25)32-31(38)33-27(18-40-36(42-33)47-8)35(41-32)43-14-9-10-29(43)34(39)44/h11-12,16-18,20-22,29H,9-10,14,19H2,1-8H3,(H2,39,44)/t29-/m1/s1. The Labute approximate surface area is 286 Å². The first kappa shape index (κ1) is 35.5. The van der Waals surface area contributed by atoms with Gasteiger partial charge in [0.1, 0.15) is 42.7 Å². The topological polar surface area (TPSA) is 103 Å². The number of benzene rings is 2. The largest absolute Gasteiger partial charge is 0.468 e. The number of thioether (sulfide) groups is 1. The first-order chi connectivity index (χ1) is 22.8. The molecule has 4 aromatic rings. The van der Waals surface area contributed by atoms with Crippen molar-refractivity contribution in [2.24, 2.45) is 5.73 Å². The molecule has 5 rings (SSSR count). The molecule has 8 nitrogen and oxygen atoms in total. The number of rotatable bonds is 10. The molecular weight excluding hydrogens is 649 g/mol. The van der Waals surface area contributed by atoms with Crippen molar-refractivity contribution in [1.82, 2.24) is 15.0 Å². The molecule has 1 atom stereocenters. The quantitative estimate of drug-likeness (QED) is 0.0590. The normalized spacial score (nSPS) is 15.2. The zero-order valence-corrected chi connectivity index (χ0v) is 30.6. The van der Waals surface area contributed by atoms with E-state index in [1.54, 1.807) is 29.4 Å². The molecule has 0 radical (unpaired) electrons. The van der Waals surface area contributed by atoms with Gasteiger partial charge >= 0.3 is 0 Å². The van der Waals surface area contributed by atoms with Crippen molar-refractivity contribution in [3.8, 4) is 28.5 Å². The van der Waals surface area contributed by atoms with Crippen molar-refractivity contribution in [2.75, 3.05) is 31.6 Å². The van der Waals surface area contributed by atoms with E-state index in [2.05, 4.69) is 63.0 Å². The molecule has 1 fully saturated rings. The fourth-order valence-electron chi connectivity index (χ4n) is 7.37. The second-order valence-electron chi connectivity index (χ2n) is 13.2. The zero-order chi connectivity index (χ0) is 34.9. The Morgan fingerprint density at radius 2 is 1.83 bits per heavy atom.